The topological polar surface area (TPSA) is 36.5 Å². The van der Waals surface area contributed by atoms with Gasteiger partial charge in [-0.3, -0.25) is 0 Å². The highest BCUT2D eigenvalue weighted by atomic mass is 16.5. The van der Waals surface area contributed by atoms with Gasteiger partial charge in [0.25, 0.3) is 0 Å². The van der Waals surface area contributed by atoms with Crippen LogP contribution in [0.2, 0.25) is 0 Å². The number of hydrogen-bond donors (Lipinski definition) is 2. The quantitative estimate of drug-likeness (QED) is 0.298. The number of rotatable bonds is 12. The third-order valence-electron chi connectivity index (χ3n) is 6.76. The Morgan fingerprint density at radius 3 is 2.27 bits per heavy atom. The van der Waals surface area contributed by atoms with Gasteiger partial charge in [-0.1, -0.05) is 90.6 Å². The SMILES string of the molecule is C=C/C=C(\C=C/C)C1=C(c2ccc3cc(OC)ccc3c2)NC(C(C)(C)CN(CC(C)C)CC(C)C)N1. The first-order valence-corrected chi connectivity index (χ1v) is 13.6. The number of ether oxygens (including phenoxy) is 1. The van der Waals surface area contributed by atoms with Crippen LogP contribution in [-0.2, 0) is 0 Å². The van der Waals surface area contributed by atoms with E-state index >= 15 is 0 Å². The average Bonchev–Trinajstić information content (AvgIpc) is 3.28. The molecule has 0 aliphatic carbocycles. The van der Waals surface area contributed by atoms with Gasteiger partial charge in [-0.05, 0) is 53.3 Å². The lowest BCUT2D eigenvalue weighted by Crippen LogP contribution is -2.52. The van der Waals surface area contributed by atoms with Gasteiger partial charge in [-0.2, -0.15) is 0 Å². The van der Waals surface area contributed by atoms with Crippen LogP contribution >= 0.6 is 0 Å². The zero-order valence-corrected chi connectivity index (χ0v) is 24.2. The fourth-order valence-electron chi connectivity index (χ4n) is 5.25. The molecular weight excluding hydrogens is 454 g/mol. The first-order valence-electron chi connectivity index (χ1n) is 13.6. The summed E-state index contributed by atoms with van der Waals surface area (Å²) < 4.78 is 5.43. The van der Waals surface area contributed by atoms with Gasteiger partial charge in [0.15, 0.2) is 0 Å². The summed E-state index contributed by atoms with van der Waals surface area (Å²) in [7, 11) is 1.71. The van der Waals surface area contributed by atoms with Crippen molar-refractivity contribution in [1.29, 1.82) is 0 Å². The molecule has 37 heavy (non-hydrogen) atoms. The zero-order valence-electron chi connectivity index (χ0n) is 24.2. The highest BCUT2D eigenvalue weighted by Gasteiger charge is 2.37. The lowest BCUT2D eigenvalue weighted by atomic mass is 9.88. The predicted molar refractivity (Wildman–Crippen MR) is 160 cm³/mol. The molecule has 1 aliphatic rings. The summed E-state index contributed by atoms with van der Waals surface area (Å²) in [6, 6.07) is 12.9. The molecular formula is C33H47N3O. The Morgan fingerprint density at radius 2 is 1.68 bits per heavy atom. The Balaban J connectivity index is 2.00. The van der Waals surface area contributed by atoms with Crippen molar-refractivity contribution in [3.05, 3.63) is 84.1 Å². The molecule has 0 radical (unpaired) electrons. The van der Waals surface area contributed by atoms with Crippen molar-refractivity contribution in [2.24, 2.45) is 17.3 Å². The van der Waals surface area contributed by atoms with Crippen LogP contribution < -0.4 is 15.4 Å². The van der Waals surface area contributed by atoms with Crippen molar-refractivity contribution < 1.29 is 4.74 Å². The number of nitrogens with zero attached hydrogens (tertiary/aromatic N) is 1. The molecule has 4 heteroatoms. The van der Waals surface area contributed by atoms with Crippen molar-refractivity contribution in [2.75, 3.05) is 26.7 Å². The minimum absolute atomic E-state index is 0.0176. The average molecular weight is 502 g/mol. The number of benzene rings is 2. The zero-order chi connectivity index (χ0) is 27.2. The Kier molecular flexibility index (Phi) is 9.67. The van der Waals surface area contributed by atoms with Crippen LogP contribution in [0.15, 0.2) is 78.6 Å². The van der Waals surface area contributed by atoms with Crippen molar-refractivity contribution in [3.63, 3.8) is 0 Å². The molecule has 3 rings (SSSR count). The van der Waals surface area contributed by atoms with E-state index in [0.717, 1.165) is 42.4 Å². The minimum Gasteiger partial charge on any atom is -0.497 e. The standard InChI is InChI=1S/C33H47N3O/c1-10-12-25(13-11-2)30-31(28-15-14-27-19-29(37-9)17-16-26(27)18-28)35-32(34-30)33(7,8)22-36(20-23(3)4)21-24(5)6/h10-19,23-24,32,34-35H,1,20-22H2,2-9H3/b13-11-,25-12+. The molecule has 0 saturated heterocycles. The molecule has 4 nitrogen and oxygen atoms in total. The van der Waals surface area contributed by atoms with E-state index in [4.69, 9.17) is 4.74 Å². The van der Waals surface area contributed by atoms with Gasteiger partial charge in [0.05, 0.1) is 18.5 Å². The van der Waals surface area contributed by atoms with Crippen LogP contribution in [0, 0.1) is 17.3 Å². The third kappa shape index (κ3) is 7.29. The first-order chi connectivity index (χ1) is 17.6. The molecule has 1 heterocycles. The van der Waals surface area contributed by atoms with Crippen LogP contribution in [0.4, 0.5) is 0 Å². The minimum atomic E-state index is -0.0176. The second kappa shape index (κ2) is 12.5. The second-order valence-electron chi connectivity index (χ2n) is 11.7. The molecule has 1 aliphatic heterocycles. The summed E-state index contributed by atoms with van der Waals surface area (Å²) in [4.78, 5) is 2.63. The fraction of sp³-hybridized carbons (Fsp3) is 0.455. The highest BCUT2D eigenvalue weighted by Crippen LogP contribution is 2.34. The first kappa shape index (κ1) is 28.6. The van der Waals surface area contributed by atoms with E-state index in [9.17, 15) is 0 Å². The summed E-state index contributed by atoms with van der Waals surface area (Å²) in [5.41, 5.74) is 4.51. The lowest BCUT2D eigenvalue weighted by Gasteiger charge is -2.39. The van der Waals surface area contributed by atoms with Crippen LogP contribution in [-0.4, -0.2) is 37.8 Å². The molecule has 0 aromatic heterocycles. The van der Waals surface area contributed by atoms with Gasteiger partial charge < -0.3 is 20.3 Å². The Bertz CT molecular complexity index is 1160. The van der Waals surface area contributed by atoms with Crippen LogP contribution in [0.25, 0.3) is 16.5 Å². The van der Waals surface area contributed by atoms with Crippen molar-refractivity contribution >= 4 is 16.5 Å². The summed E-state index contributed by atoms with van der Waals surface area (Å²) >= 11 is 0. The van der Waals surface area contributed by atoms with Gasteiger partial charge >= 0.3 is 0 Å². The molecule has 2 aromatic rings. The smallest absolute Gasteiger partial charge is 0.119 e. The molecule has 1 atom stereocenters. The predicted octanol–water partition coefficient (Wildman–Crippen LogP) is 7.36. The monoisotopic (exact) mass is 501 g/mol. The van der Waals surface area contributed by atoms with E-state index in [-0.39, 0.29) is 11.6 Å². The summed E-state index contributed by atoms with van der Waals surface area (Å²) in [5.74, 6) is 2.15. The molecule has 0 spiro atoms. The van der Waals surface area contributed by atoms with Crippen LogP contribution in [0.3, 0.4) is 0 Å². The van der Waals surface area contributed by atoms with E-state index < -0.39 is 0 Å². The highest BCUT2D eigenvalue weighted by molar-refractivity contribution is 5.88. The van der Waals surface area contributed by atoms with E-state index in [1.807, 2.05) is 12.1 Å². The lowest BCUT2D eigenvalue weighted by molar-refractivity contribution is 0.116. The summed E-state index contributed by atoms with van der Waals surface area (Å²) in [5, 5.41) is 10.1. The molecule has 0 bridgehead atoms. The number of hydrogen-bond acceptors (Lipinski definition) is 4. The van der Waals surface area contributed by atoms with Gasteiger partial charge in [-0.15, -0.1) is 0 Å². The number of methoxy groups -OCH3 is 1. The maximum Gasteiger partial charge on any atom is 0.119 e. The Hall–Kier alpha value is -2.98. The normalized spacial score (nSPS) is 16.8. The van der Waals surface area contributed by atoms with Crippen LogP contribution in [0.5, 0.6) is 5.75 Å². The molecule has 2 aromatic carbocycles. The van der Waals surface area contributed by atoms with Gasteiger partial charge in [0, 0.05) is 30.6 Å². The second-order valence-corrected chi connectivity index (χ2v) is 11.7. The fourth-order valence-corrected chi connectivity index (χ4v) is 5.25. The number of nitrogens with one attached hydrogen (secondary N) is 2. The van der Waals surface area contributed by atoms with Crippen molar-refractivity contribution in [3.8, 4) is 5.75 Å². The van der Waals surface area contributed by atoms with Gasteiger partial charge in [-0.25, -0.2) is 0 Å². The molecule has 0 fully saturated rings. The summed E-state index contributed by atoms with van der Waals surface area (Å²) in [6.07, 6.45) is 8.26. The van der Waals surface area contributed by atoms with Gasteiger partial charge in [0.2, 0.25) is 0 Å². The van der Waals surface area contributed by atoms with E-state index in [2.05, 4.69) is 119 Å². The van der Waals surface area contributed by atoms with Crippen molar-refractivity contribution in [1.82, 2.24) is 15.5 Å². The van der Waals surface area contributed by atoms with Crippen molar-refractivity contribution in [2.45, 2.75) is 54.6 Å². The number of allylic oxidation sites excluding steroid dienone is 4. The molecule has 0 saturated carbocycles. The maximum absolute atomic E-state index is 5.43. The summed E-state index contributed by atoms with van der Waals surface area (Å²) in [6.45, 7) is 23.2. The van der Waals surface area contributed by atoms with E-state index in [0.29, 0.717) is 11.8 Å². The molecule has 1 unspecified atom stereocenters. The molecule has 2 N–H and O–H groups in total. The van der Waals surface area contributed by atoms with Gasteiger partial charge in [0.1, 0.15) is 11.9 Å². The maximum atomic E-state index is 5.43. The largest absolute Gasteiger partial charge is 0.497 e. The Labute approximate surface area is 225 Å². The number of fused-ring (bicyclic) bond motifs is 1. The van der Waals surface area contributed by atoms with E-state index in [1.54, 1.807) is 7.11 Å². The van der Waals surface area contributed by atoms with Crippen LogP contribution in [0.1, 0.15) is 54.0 Å². The molecule has 200 valence electrons. The Morgan fingerprint density at radius 1 is 1.03 bits per heavy atom. The third-order valence-corrected chi connectivity index (χ3v) is 6.76. The van der Waals surface area contributed by atoms with E-state index in [1.165, 1.54) is 16.3 Å². The molecule has 0 amide bonds.